The Kier molecular flexibility index (Phi) is 6.60. The number of thiazole rings is 1. The van der Waals surface area contributed by atoms with Gasteiger partial charge in [0.05, 0.1) is 35.1 Å². The molecule has 0 amide bonds. The van der Waals surface area contributed by atoms with E-state index in [1.54, 1.807) is 18.4 Å². The molecule has 2 aromatic carbocycles. The predicted octanol–water partition coefficient (Wildman–Crippen LogP) is 3.51. The van der Waals surface area contributed by atoms with E-state index < -0.39 is 12.0 Å². The molecular formula is C26H26N2O4S. The second kappa shape index (κ2) is 9.58. The van der Waals surface area contributed by atoms with Crippen LogP contribution in [-0.2, 0) is 9.53 Å². The minimum Gasteiger partial charge on any atom is -0.494 e. The number of carbonyl (C=O) groups excluding carboxylic acids is 1. The van der Waals surface area contributed by atoms with Crippen molar-refractivity contribution >= 4 is 23.4 Å². The molecule has 0 saturated heterocycles. The summed E-state index contributed by atoms with van der Waals surface area (Å²) in [5, 5.41) is 0. The molecule has 0 unspecified atom stereocenters. The van der Waals surface area contributed by atoms with Crippen molar-refractivity contribution in [2.24, 2.45) is 4.99 Å². The van der Waals surface area contributed by atoms with E-state index in [9.17, 15) is 9.59 Å². The Morgan fingerprint density at radius 3 is 2.39 bits per heavy atom. The van der Waals surface area contributed by atoms with Crippen LogP contribution in [0, 0.1) is 6.92 Å². The number of aromatic nitrogens is 1. The first-order valence-electron chi connectivity index (χ1n) is 10.9. The lowest BCUT2D eigenvalue weighted by Gasteiger charge is -2.24. The highest BCUT2D eigenvalue weighted by molar-refractivity contribution is 7.07. The topological polar surface area (TPSA) is 69.9 Å². The Morgan fingerprint density at radius 1 is 1.06 bits per heavy atom. The highest BCUT2D eigenvalue weighted by Crippen LogP contribution is 2.30. The third-order valence-corrected chi connectivity index (χ3v) is 6.38. The summed E-state index contributed by atoms with van der Waals surface area (Å²) in [6.45, 7) is 8.33. The smallest absolute Gasteiger partial charge is 0.338 e. The van der Waals surface area contributed by atoms with Gasteiger partial charge >= 0.3 is 5.97 Å². The number of hydrogen-bond donors (Lipinski definition) is 0. The quantitative estimate of drug-likeness (QED) is 0.526. The standard InChI is InChI=1S/C26H26N2O4S/c1-5-31-20-13-9-18(10-14-20)15-21-24(29)28-23(19-11-7-16(3)8-12-19)22(25(30)32-6-2)17(4)27-26(28)33-21/h7-15,23H,5-6H2,1-4H3/b21-15+/t23-/m1/s1. The van der Waals surface area contributed by atoms with Crippen LogP contribution in [0.2, 0.25) is 0 Å². The molecule has 0 spiro atoms. The minimum atomic E-state index is -0.594. The van der Waals surface area contributed by atoms with E-state index in [0.29, 0.717) is 27.2 Å². The summed E-state index contributed by atoms with van der Waals surface area (Å²) in [6, 6.07) is 14.8. The van der Waals surface area contributed by atoms with Gasteiger partial charge in [-0.05, 0) is 57.0 Å². The SMILES string of the molecule is CCOC(=O)C1=C(C)N=c2s/c(=C/c3ccc(OCC)cc3)c(=O)n2[C@@H]1c1ccc(C)cc1. The number of esters is 1. The zero-order valence-electron chi connectivity index (χ0n) is 19.1. The van der Waals surface area contributed by atoms with Crippen molar-refractivity contribution in [2.75, 3.05) is 13.2 Å². The van der Waals surface area contributed by atoms with Crippen LogP contribution in [0.1, 0.15) is 43.5 Å². The lowest BCUT2D eigenvalue weighted by Crippen LogP contribution is -2.39. The highest BCUT2D eigenvalue weighted by atomic mass is 32.1. The van der Waals surface area contributed by atoms with Crippen molar-refractivity contribution in [3.8, 4) is 5.75 Å². The van der Waals surface area contributed by atoms with Gasteiger partial charge in [-0.1, -0.05) is 53.3 Å². The minimum absolute atomic E-state index is 0.187. The summed E-state index contributed by atoms with van der Waals surface area (Å²) in [4.78, 5) is 31.6. The number of rotatable bonds is 6. The zero-order chi connectivity index (χ0) is 23.5. The maximum Gasteiger partial charge on any atom is 0.338 e. The molecule has 0 N–H and O–H groups in total. The molecular weight excluding hydrogens is 436 g/mol. The van der Waals surface area contributed by atoms with Crippen LogP contribution in [0.4, 0.5) is 0 Å². The summed E-state index contributed by atoms with van der Waals surface area (Å²) in [6.07, 6.45) is 1.84. The average molecular weight is 463 g/mol. The number of aryl methyl sites for hydroxylation is 1. The van der Waals surface area contributed by atoms with Crippen molar-refractivity contribution in [3.05, 3.63) is 96.2 Å². The molecule has 170 valence electrons. The monoisotopic (exact) mass is 462 g/mol. The van der Waals surface area contributed by atoms with E-state index in [2.05, 4.69) is 4.99 Å². The van der Waals surface area contributed by atoms with Crippen LogP contribution >= 0.6 is 11.3 Å². The molecule has 1 aliphatic heterocycles. The van der Waals surface area contributed by atoms with E-state index in [1.807, 2.05) is 68.5 Å². The van der Waals surface area contributed by atoms with Gasteiger partial charge in [-0.3, -0.25) is 9.36 Å². The highest BCUT2D eigenvalue weighted by Gasteiger charge is 2.33. The van der Waals surface area contributed by atoms with E-state index in [1.165, 1.54) is 11.3 Å². The van der Waals surface area contributed by atoms with Gasteiger partial charge < -0.3 is 9.47 Å². The van der Waals surface area contributed by atoms with Gasteiger partial charge in [0.25, 0.3) is 5.56 Å². The Bertz CT molecular complexity index is 1380. The molecule has 1 aromatic heterocycles. The van der Waals surface area contributed by atoms with Crippen LogP contribution in [0.3, 0.4) is 0 Å². The van der Waals surface area contributed by atoms with Gasteiger partial charge in [0.15, 0.2) is 4.80 Å². The van der Waals surface area contributed by atoms with Crippen LogP contribution in [-0.4, -0.2) is 23.8 Å². The fourth-order valence-corrected chi connectivity index (χ4v) is 4.88. The maximum atomic E-state index is 13.6. The van der Waals surface area contributed by atoms with Gasteiger partial charge in [-0.25, -0.2) is 9.79 Å². The third-order valence-electron chi connectivity index (χ3n) is 5.40. The summed E-state index contributed by atoms with van der Waals surface area (Å²) in [7, 11) is 0. The third kappa shape index (κ3) is 4.54. The molecule has 1 aliphatic rings. The van der Waals surface area contributed by atoms with Crippen LogP contribution in [0.15, 0.2) is 69.6 Å². The molecule has 0 radical (unpaired) electrons. The Morgan fingerprint density at radius 2 is 1.76 bits per heavy atom. The average Bonchev–Trinajstić information content (AvgIpc) is 3.09. The molecule has 7 heteroatoms. The number of nitrogens with zero attached hydrogens (tertiary/aromatic N) is 2. The molecule has 4 rings (SSSR count). The van der Waals surface area contributed by atoms with Crippen molar-refractivity contribution in [1.82, 2.24) is 4.57 Å². The first-order valence-corrected chi connectivity index (χ1v) is 11.7. The van der Waals surface area contributed by atoms with Crippen molar-refractivity contribution in [2.45, 2.75) is 33.7 Å². The van der Waals surface area contributed by atoms with Crippen LogP contribution < -0.4 is 19.6 Å². The van der Waals surface area contributed by atoms with Gasteiger partial charge in [-0.2, -0.15) is 0 Å². The number of carbonyl (C=O) groups is 1. The number of benzene rings is 2. The van der Waals surface area contributed by atoms with E-state index in [4.69, 9.17) is 9.47 Å². The molecule has 0 aliphatic carbocycles. The van der Waals surface area contributed by atoms with Crippen molar-refractivity contribution in [3.63, 3.8) is 0 Å². The lowest BCUT2D eigenvalue weighted by molar-refractivity contribution is -0.139. The summed E-state index contributed by atoms with van der Waals surface area (Å²) in [5.41, 5.74) is 3.59. The fraction of sp³-hybridized carbons (Fsp3) is 0.269. The van der Waals surface area contributed by atoms with Gasteiger partial charge in [0, 0.05) is 0 Å². The molecule has 2 heterocycles. The zero-order valence-corrected chi connectivity index (χ0v) is 19.9. The maximum absolute atomic E-state index is 13.6. The number of allylic oxidation sites excluding steroid dienone is 1. The molecule has 3 aromatic rings. The van der Waals surface area contributed by atoms with Crippen molar-refractivity contribution in [1.29, 1.82) is 0 Å². The lowest BCUT2D eigenvalue weighted by atomic mass is 9.95. The number of hydrogen-bond acceptors (Lipinski definition) is 6. The second-order valence-corrected chi connectivity index (χ2v) is 8.72. The Hall–Kier alpha value is -3.45. The van der Waals surface area contributed by atoms with Gasteiger partial charge in [-0.15, -0.1) is 0 Å². The van der Waals surface area contributed by atoms with Crippen molar-refractivity contribution < 1.29 is 14.3 Å². The van der Waals surface area contributed by atoms with E-state index >= 15 is 0 Å². The molecule has 0 saturated carbocycles. The second-order valence-electron chi connectivity index (χ2n) is 7.72. The fourth-order valence-electron chi connectivity index (χ4n) is 3.83. The molecule has 33 heavy (non-hydrogen) atoms. The summed E-state index contributed by atoms with van der Waals surface area (Å²) < 4.78 is 13.0. The first-order chi connectivity index (χ1) is 15.9. The van der Waals surface area contributed by atoms with Gasteiger partial charge in [0.2, 0.25) is 0 Å². The largest absolute Gasteiger partial charge is 0.494 e. The molecule has 0 fully saturated rings. The number of fused-ring (bicyclic) bond motifs is 1. The first kappa shape index (κ1) is 22.7. The van der Waals surface area contributed by atoms with Gasteiger partial charge in [0.1, 0.15) is 5.75 Å². The van der Waals surface area contributed by atoms with Crippen LogP contribution in [0.25, 0.3) is 6.08 Å². The molecule has 6 nitrogen and oxygen atoms in total. The molecule has 1 atom stereocenters. The Labute approximate surface area is 196 Å². The molecule has 0 bridgehead atoms. The Balaban J connectivity index is 1.88. The summed E-state index contributed by atoms with van der Waals surface area (Å²) >= 11 is 1.31. The van der Waals surface area contributed by atoms with Crippen LogP contribution in [0.5, 0.6) is 5.75 Å². The summed E-state index contributed by atoms with van der Waals surface area (Å²) in [5.74, 6) is 0.329. The van der Waals surface area contributed by atoms with E-state index in [0.717, 1.165) is 22.4 Å². The normalized spacial score (nSPS) is 15.8. The predicted molar refractivity (Wildman–Crippen MR) is 129 cm³/mol. The van der Waals surface area contributed by atoms with E-state index in [-0.39, 0.29) is 12.2 Å². The number of ether oxygens (including phenoxy) is 2.